The molecule has 1 N–H and O–H groups in total. The average molecular weight is 952 g/mol. The van der Waals surface area contributed by atoms with E-state index in [1.807, 2.05) is 21.1 Å². The molecule has 0 radical (unpaired) electrons. The van der Waals surface area contributed by atoms with Gasteiger partial charge in [0.1, 0.15) is 13.2 Å². The zero-order valence-electron chi connectivity index (χ0n) is 45.1. The third-order valence-electron chi connectivity index (χ3n) is 13.0. The summed E-state index contributed by atoms with van der Waals surface area (Å²) >= 11 is 0. The summed E-state index contributed by atoms with van der Waals surface area (Å²) in [4.78, 5) is 37.2. The first-order chi connectivity index (χ1) is 32.6. The molecule has 0 rings (SSSR count). The van der Waals surface area contributed by atoms with Crippen molar-refractivity contribution in [3.05, 3.63) is 12.2 Å². The molecule has 0 bridgehead atoms. The largest absolute Gasteiger partial charge is 0.477 e. The van der Waals surface area contributed by atoms with Gasteiger partial charge in [-0.25, -0.2) is 4.79 Å². The Morgan fingerprint density at radius 3 is 1.10 bits per heavy atom. The number of hydrogen-bond acceptors (Lipinski definition) is 7. The predicted molar refractivity (Wildman–Crippen MR) is 281 cm³/mol. The second-order valence-electron chi connectivity index (χ2n) is 21.0. The summed E-state index contributed by atoms with van der Waals surface area (Å²) in [6.45, 7) is 4.91. The third-order valence-corrected chi connectivity index (χ3v) is 13.0. The molecule has 9 nitrogen and oxygen atoms in total. The molecule has 0 fully saturated rings. The van der Waals surface area contributed by atoms with E-state index in [9.17, 15) is 19.5 Å². The number of carbonyl (C=O) groups is 3. The fraction of sp³-hybridized carbons (Fsp3) is 0.914. The highest BCUT2D eigenvalue weighted by Crippen LogP contribution is 2.17. The van der Waals surface area contributed by atoms with Crippen LogP contribution in [0.25, 0.3) is 0 Å². The van der Waals surface area contributed by atoms with Crippen LogP contribution >= 0.6 is 0 Å². The number of aliphatic carboxylic acids is 1. The average Bonchev–Trinajstić information content (AvgIpc) is 3.29. The maximum absolute atomic E-state index is 12.8. The van der Waals surface area contributed by atoms with E-state index in [1.165, 1.54) is 218 Å². The van der Waals surface area contributed by atoms with Crippen molar-refractivity contribution in [2.75, 3.05) is 47.5 Å². The predicted octanol–water partition coefficient (Wildman–Crippen LogP) is 16.6. The first-order valence-electron chi connectivity index (χ1n) is 28.9. The Balaban J connectivity index is 4.03. The number of allylic oxidation sites excluding steroid dienone is 2. The highest BCUT2D eigenvalue weighted by Gasteiger charge is 2.25. The number of esters is 2. The Kier molecular flexibility index (Phi) is 48.9. The van der Waals surface area contributed by atoms with E-state index in [4.69, 9.17) is 18.9 Å². The van der Waals surface area contributed by atoms with E-state index in [-0.39, 0.29) is 38.2 Å². The molecular weight excluding hydrogens is 839 g/mol. The van der Waals surface area contributed by atoms with Crippen molar-refractivity contribution in [1.29, 1.82) is 0 Å². The van der Waals surface area contributed by atoms with Gasteiger partial charge >= 0.3 is 17.9 Å². The van der Waals surface area contributed by atoms with Crippen molar-refractivity contribution < 1.29 is 42.9 Å². The molecule has 0 saturated heterocycles. The van der Waals surface area contributed by atoms with Crippen LogP contribution in [0.15, 0.2) is 12.2 Å². The number of unbranched alkanes of at least 4 members (excludes halogenated alkanes) is 37. The highest BCUT2D eigenvalue weighted by molar-refractivity contribution is 5.71. The number of ether oxygens (including phenoxy) is 4. The van der Waals surface area contributed by atoms with E-state index in [0.29, 0.717) is 17.4 Å². The van der Waals surface area contributed by atoms with Gasteiger partial charge in [0.05, 0.1) is 34.4 Å². The number of likely N-dealkylation sites (N-methyl/N-ethyl adjacent to an activating group) is 1. The van der Waals surface area contributed by atoms with E-state index in [0.717, 1.165) is 38.5 Å². The van der Waals surface area contributed by atoms with Crippen LogP contribution < -0.4 is 0 Å². The second-order valence-corrected chi connectivity index (χ2v) is 21.0. The number of quaternary nitrogens is 1. The number of rotatable bonds is 54. The zero-order valence-corrected chi connectivity index (χ0v) is 45.1. The summed E-state index contributed by atoms with van der Waals surface area (Å²) in [5.74, 6) is -1.98. The third kappa shape index (κ3) is 51.7. The molecule has 0 aliphatic rings. The van der Waals surface area contributed by atoms with Gasteiger partial charge in [-0.2, -0.15) is 0 Å². The van der Waals surface area contributed by atoms with Crippen LogP contribution in [0.5, 0.6) is 0 Å². The summed E-state index contributed by atoms with van der Waals surface area (Å²) in [6, 6.07) is 0. The van der Waals surface area contributed by atoms with E-state index in [1.54, 1.807) is 0 Å². The minimum Gasteiger partial charge on any atom is -0.477 e. The van der Waals surface area contributed by atoms with Crippen LogP contribution in [0, 0.1) is 0 Å². The smallest absolute Gasteiger partial charge is 0.361 e. The van der Waals surface area contributed by atoms with Gasteiger partial charge in [-0.05, 0) is 38.5 Å². The minimum absolute atomic E-state index is 0.175. The quantitative estimate of drug-likeness (QED) is 0.0211. The Labute approximate surface area is 415 Å². The molecule has 0 saturated carbocycles. The van der Waals surface area contributed by atoms with E-state index >= 15 is 0 Å². The Hall–Kier alpha value is -1.97. The highest BCUT2D eigenvalue weighted by atomic mass is 16.7. The van der Waals surface area contributed by atoms with Gasteiger partial charge in [-0.3, -0.25) is 9.59 Å². The van der Waals surface area contributed by atoms with Crippen molar-refractivity contribution in [3.8, 4) is 0 Å². The molecule has 0 aromatic heterocycles. The molecule has 0 aromatic carbocycles. The summed E-state index contributed by atoms with van der Waals surface area (Å²) in [6.07, 6.45) is 54.5. The molecule has 0 heterocycles. The summed E-state index contributed by atoms with van der Waals surface area (Å²) in [5.41, 5.74) is 0. The Morgan fingerprint density at radius 1 is 0.433 bits per heavy atom. The molecule has 396 valence electrons. The van der Waals surface area contributed by atoms with Crippen LogP contribution in [0.4, 0.5) is 0 Å². The van der Waals surface area contributed by atoms with Crippen LogP contribution in [0.1, 0.15) is 284 Å². The number of nitrogens with zero attached hydrogens (tertiary/aromatic N) is 1. The SMILES string of the molecule is CCCCCCCCCC/C=C\CCCCCCCCCCCCCCCCCCCCCC(=O)OC(COC(=O)CCCCCCCCCCCCC)COC(OCC[N+](C)(C)C)C(=O)O. The van der Waals surface area contributed by atoms with Crippen molar-refractivity contribution in [1.82, 2.24) is 0 Å². The maximum atomic E-state index is 12.8. The summed E-state index contributed by atoms with van der Waals surface area (Å²) < 4.78 is 22.8. The molecule has 0 aromatic rings. The number of hydrogen-bond donors (Lipinski definition) is 1. The normalized spacial score (nSPS) is 12.8. The van der Waals surface area contributed by atoms with Crippen molar-refractivity contribution in [2.45, 2.75) is 296 Å². The van der Waals surface area contributed by atoms with E-state index < -0.39 is 18.4 Å². The minimum atomic E-state index is -1.50. The Morgan fingerprint density at radius 2 is 0.761 bits per heavy atom. The standard InChI is InChI=1S/C58H111NO8/c1-6-8-10-12-14-16-18-19-20-21-22-23-24-25-26-27-28-29-30-31-32-33-34-35-36-37-39-41-43-45-47-49-56(61)67-54(53-66-58(57(62)63)64-51-50-59(3,4)5)52-65-55(60)48-46-44-42-40-38-17-15-13-11-9-7-2/h21-22,54,58H,6-20,23-53H2,1-5H3/p+1/b22-21-. The molecule has 2 unspecified atom stereocenters. The fourth-order valence-corrected chi connectivity index (χ4v) is 8.54. The monoisotopic (exact) mass is 951 g/mol. The molecular formula is C58H112NO8+. The van der Waals surface area contributed by atoms with Gasteiger partial charge in [-0.15, -0.1) is 0 Å². The van der Waals surface area contributed by atoms with E-state index in [2.05, 4.69) is 26.0 Å². The van der Waals surface area contributed by atoms with Gasteiger partial charge in [-0.1, -0.05) is 244 Å². The van der Waals surface area contributed by atoms with Gasteiger partial charge in [0.15, 0.2) is 6.10 Å². The maximum Gasteiger partial charge on any atom is 0.361 e. The van der Waals surface area contributed by atoms with Gasteiger partial charge in [0.2, 0.25) is 0 Å². The lowest BCUT2D eigenvalue weighted by Gasteiger charge is -2.25. The van der Waals surface area contributed by atoms with Crippen molar-refractivity contribution in [3.63, 3.8) is 0 Å². The molecule has 0 aliphatic carbocycles. The van der Waals surface area contributed by atoms with Crippen LogP contribution in [-0.4, -0.2) is 87.4 Å². The van der Waals surface area contributed by atoms with Crippen molar-refractivity contribution >= 4 is 17.9 Å². The van der Waals surface area contributed by atoms with Gasteiger partial charge < -0.3 is 28.5 Å². The lowest BCUT2D eigenvalue weighted by atomic mass is 10.0. The lowest BCUT2D eigenvalue weighted by Crippen LogP contribution is -2.40. The molecule has 0 spiro atoms. The zero-order chi connectivity index (χ0) is 49.2. The first kappa shape index (κ1) is 65.0. The summed E-state index contributed by atoms with van der Waals surface area (Å²) in [5, 5.41) is 9.67. The van der Waals surface area contributed by atoms with Crippen molar-refractivity contribution in [2.24, 2.45) is 0 Å². The van der Waals surface area contributed by atoms with Gasteiger partial charge in [0, 0.05) is 12.8 Å². The van der Waals surface area contributed by atoms with Crippen LogP contribution in [0.2, 0.25) is 0 Å². The molecule has 2 atom stereocenters. The first-order valence-corrected chi connectivity index (χ1v) is 28.9. The molecule has 0 amide bonds. The Bertz CT molecular complexity index is 1110. The molecule has 0 aliphatic heterocycles. The van der Waals surface area contributed by atoms with Gasteiger partial charge in [0.25, 0.3) is 6.29 Å². The topological polar surface area (TPSA) is 108 Å². The molecule has 9 heteroatoms. The number of carboxylic acid groups (broad SMARTS) is 1. The number of carbonyl (C=O) groups excluding carboxylic acids is 2. The van der Waals surface area contributed by atoms with Crippen LogP contribution in [0.3, 0.4) is 0 Å². The number of carboxylic acids is 1. The molecule has 67 heavy (non-hydrogen) atoms. The summed E-state index contributed by atoms with van der Waals surface area (Å²) in [7, 11) is 5.97. The lowest BCUT2D eigenvalue weighted by molar-refractivity contribution is -0.870. The second kappa shape index (κ2) is 50.4. The fourth-order valence-electron chi connectivity index (χ4n) is 8.54. The van der Waals surface area contributed by atoms with Crippen LogP contribution in [-0.2, 0) is 33.3 Å².